The number of hydrogen-bond acceptors (Lipinski definition) is 2. The Morgan fingerprint density at radius 3 is 2.25 bits per heavy atom. The van der Waals surface area contributed by atoms with Crippen molar-refractivity contribution in [2.24, 2.45) is 17.3 Å². The van der Waals surface area contributed by atoms with Gasteiger partial charge in [0.25, 0.3) is 0 Å². The van der Waals surface area contributed by atoms with Crippen LogP contribution in [0.15, 0.2) is 63.4 Å². The lowest BCUT2D eigenvalue weighted by molar-refractivity contribution is -0.00000487. The third-order valence-electron chi connectivity index (χ3n) is 3.80. The van der Waals surface area contributed by atoms with E-state index in [-0.39, 0.29) is 24.0 Å². The van der Waals surface area contributed by atoms with E-state index in [2.05, 4.69) is 70.1 Å². The van der Waals surface area contributed by atoms with Gasteiger partial charge in [0.2, 0.25) is 0 Å². The molecule has 1 heterocycles. The lowest BCUT2D eigenvalue weighted by Crippen LogP contribution is -3.00. The van der Waals surface area contributed by atoms with Gasteiger partial charge in [-0.2, -0.15) is 5.11 Å². The average molecular weight is 499 g/mol. The summed E-state index contributed by atoms with van der Waals surface area (Å²) in [4.78, 5) is 0. The fraction of sp³-hybridized carbons (Fsp3) is 0.222. The van der Waals surface area contributed by atoms with E-state index in [0.29, 0.717) is 0 Å². The monoisotopic (exact) mass is 498 g/mol. The molecule has 126 valence electrons. The number of hydrogen-bond donors (Lipinski definition) is 0. The van der Waals surface area contributed by atoms with Gasteiger partial charge in [-0.05, 0) is 36.4 Å². The summed E-state index contributed by atoms with van der Waals surface area (Å²) < 4.78 is 3.88. The highest BCUT2D eigenvalue weighted by atomic mass is 127. The molecule has 0 N–H and O–H groups in total. The zero-order valence-electron chi connectivity index (χ0n) is 14.2. The van der Waals surface area contributed by atoms with Crippen LogP contribution < -0.4 is 28.5 Å². The molecule has 0 saturated carbocycles. The van der Waals surface area contributed by atoms with Crippen molar-refractivity contribution in [2.45, 2.75) is 0 Å². The fourth-order valence-electron chi connectivity index (χ4n) is 2.66. The molecule has 0 atom stereocenters. The highest BCUT2D eigenvalue weighted by Crippen LogP contribution is 2.37. The first-order valence-corrected chi connectivity index (χ1v) is 8.23. The minimum atomic E-state index is 0. The quantitative estimate of drug-likeness (QED) is 0.302. The number of fused-ring (bicyclic) bond motifs is 1. The number of quaternary nitrogens is 1. The zero-order valence-corrected chi connectivity index (χ0v) is 17.9. The molecule has 3 rings (SSSR count). The van der Waals surface area contributed by atoms with E-state index in [1.165, 1.54) is 11.2 Å². The number of azo groups is 1. The van der Waals surface area contributed by atoms with Crippen LogP contribution in [-0.4, -0.2) is 25.7 Å². The number of rotatable bonds is 3. The normalized spacial score (nSPS) is 11.9. The van der Waals surface area contributed by atoms with Gasteiger partial charge in [0, 0.05) is 17.7 Å². The minimum absolute atomic E-state index is 0. The predicted molar refractivity (Wildman–Crippen MR) is 101 cm³/mol. The Labute approximate surface area is 167 Å². The van der Waals surface area contributed by atoms with Crippen LogP contribution in [-0.2, 0) is 7.05 Å². The van der Waals surface area contributed by atoms with Gasteiger partial charge in [-0.3, -0.25) is 4.48 Å². The van der Waals surface area contributed by atoms with Crippen LogP contribution >= 0.6 is 15.9 Å². The maximum atomic E-state index is 4.51. The molecule has 0 fully saturated rings. The molecule has 24 heavy (non-hydrogen) atoms. The minimum Gasteiger partial charge on any atom is -1.00 e. The van der Waals surface area contributed by atoms with Gasteiger partial charge < -0.3 is 28.5 Å². The van der Waals surface area contributed by atoms with Crippen LogP contribution in [0.4, 0.5) is 17.1 Å². The van der Waals surface area contributed by atoms with Gasteiger partial charge in [0.05, 0.1) is 37.7 Å². The maximum Gasteiger partial charge on any atom is 0.143 e. The van der Waals surface area contributed by atoms with Crippen LogP contribution in [0.25, 0.3) is 10.9 Å². The smallest absolute Gasteiger partial charge is 0.143 e. The van der Waals surface area contributed by atoms with Crippen molar-refractivity contribution in [1.82, 2.24) is 9.05 Å². The molecule has 6 heteroatoms. The molecular formula is C18H20BrIN4. The Bertz CT molecular complexity index is 876. The van der Waals surface area contributed by atoms with Crippen molar-refractivity contribution in [3.05, 3.63) is 53.1 Å². The van der Waals surface area contributed by atoms with Crippen molar-refractivity contribution in [1.29, 1.82) is 0 Å². The fourth-order valence-corrected chi connectivity index (χ4v) is 2.92. The van der Waals surface area contributed by atoms with Crippen molar-refractivity contribution in [3.8, 4) is 0 Å². The first kappa shape index (κ1) is 19.1. The topological polar surface area (TPSA) is 29.6 Å². The summed E-state index contributed by atoms with van der Waals surface area (Å²) in [5.74, 6) is 0. The molecule has 0 aliphatic heterocycles. The van der Waals surface area contributed by atoms with Crippen LogP contribution in [0.3, 0.4) is 0 Å². The zero-order chi connectivity index (χ0) is 16.6. The lowest BCUT2D eigenvalue weighted by Gasteiger charge is -2.24. The Morgan fingerprint density at radius 1 is 0.958 bits per heavy atom. The molecule has 2 aromatic carbocycles. The van der Waals surface area contributed by atoms with Crippen LogP contribution in [0.2, 0.25) is 0 Å². The number of aryl methyl sites for hydroxylation is 1. The van der Waals surface area contributed by atoms with Gasteiger partial charge in [0.15, 0.2) is 0 Å². The predicted octanol–water partition coefficient (Wildman–Crippen LogP) is 2.56. The lowest BCUT2D eigenvalue weighted by atomic mass is 10.1. The van der Waals surface area contributed by atoms with Crippen LogP contribution in [0, 0.1) is 0 Å². The van der Waals surface area contributed by atoms with Crippen molar-refractivity contribution in [3.63, 3.8) is 0 Å². The van der Waals surface area contributed by atoms with Crippen LogP contribution in [0.5, 0.6) is 0 Å². The first-order chi connectivity index (χ1) is 10.9. The maximum absolute atomic E-state index is 4.51. The number of nitrogens with zero attached hydrogens (tertiary/aromatic N) is 4. The van der Waals surface area contributed by atoms with E-state index < -0.39 is 0 Å². The Hall–Kier alpha value is -1.25. The highest BCUT2D eigenvalue weighted by molar-refractivity contribution is 9.10. The van der Waals surface area contributed by atoms with Crippen molar-refractivity contribution >= 4 is 43.9 Å². The summed E-state index contributed by atoms with van der Waals surface area (Å²) in [6, 6.07) is 14.2. The average Bonchev–Trinajstić information content (AvgIpc) is 2.82. The third kappa shape index (κ3) is 3.87. The largest absolute Gasteiger partial charge is 1.00 e. The number of benzene rings is 2. The van der Waals surface area contributed by atoms with E-state index in [0.717, 1.165) is 25.7 Å². The molecule has 1 aromatic heterocycles. The Kier molecular flexibility index (Phi) is 5.83. The molecule has 0 unspecified atom stereocenters. The summed E-state index contributed by atoms with van der Waals surface area (Å²) in [5, 5.41) is 10.1. The van der Waals surface area contributed by atoms with Gasteiger partial charge in [-0.25, -0.2) is 0 Å². The van der Waals surface area contributed by atoms with E-state index in [9.17, 15) is 0 Å². The molecular weight excluding hydrogens is 479 g/mol. The third-order valence-corrected chi connectivity index (χ3v) is 4.32. The summed E-state index contributed by atoms with van der Waals surface area (Å²) in [7, 11) is 8.53. The Balaban J connectivity index is 0.00000208. The Morgan fingerprint density at radius 2 is 1.62 bits per heavy atom. The summed E-state index contributed by atoms with van der Waals surface area (Å²) >= 11 is 3.43. The summed E-state index contributed by atoms with van der Waals surface area (Å²) in [6.45, 7) is 0. The van der Waals surface area contributed by atoms with E-state index >= 15 is 0 Å². The molecule has 0 spiro atoms. The van der Waals surface area contributed by atoms with Gasteiger partial charge in [-0.15, -0.1) is 5.11 Å². The second kappa shape index (κ2) is 7.33. The summed E-state index contributed by atoms with van der Waals surface area (Å²) in [5.41, 5.74) is 4.13. The second-order valence-corrected chi connectivity index (χ2v) is 7.40. The first-order valence-electron chi connectivity index (χ1n) is 7.43. The standard InChI is InChI=1S/C18H20BrN4.HI/c1-22-12-15(21-20-14-10-8-13(19)9-11-14)18-16(22)6-5-7-17(18)23(2,3)4;/h5-12H,1-4H3;1H/q+1;/p-1. The van der Waals surface area contributed by atoms with Gasteiger partial charge in [-0.1, -0.05) is 22.0 Å². The molecule has 0 amide bonds. The second-order valence-electron chi connectivity index (χ2n) is 6.49. The van der Waals surface area contributed by atoms with Crippen LogP contribution in [0.1, 0.15) is 0 Å². The van der Waals surface area contributed by atoms with Gasteiger partial charge >= 0.3 is 0 Å². The highest BCUT2D eigenvalue weighted by Gasteiger charge is 2.20. The summed E-state index contributed by atoms with van der Waals surface area (Å²) in [6.07, 6.45) is 2.03. The van der Waals surface area contributed by atoms with Crippen molar-refractivity contribution < 1.29 is 24.0 Å². The molecule has 4 nitrogen and oxygen atoms in total. The SMILES string of the molecule is Cn1cc(N=Nc2ccc(Br)cc2)c2c([N+](C)(C)C)cccc21.[I-]. The van der Waals surface area contributed by atoms with Crippen molar-refractivity contribution in [2.75, 3.05) is 21.1 Å². The number of halogens is 2. The van der Waals surface area contributed by atoms with Gasteiger partial charge in [0.1, 0.15) is 11.4 Å². The van der Waals surface area contributed by atoms with E-state index in [1.807, 2.05) is 37.5 Å². The molecule has 3 aromatic rings. The molecule has 0 aliphatic rings. The number of aromatic nitrogens is 1. The molecule has 0 bridgehead atoms. The molecule has 0 radical (unpaired) electrons. The van der Waals surface area contributed by atoms with E-state index in [4.69, 9.17) is 0 Å². The molecule has 0 aliphatic carbocycles. The van der Waals surface area contributed by atoms with E-state index in [1.54, 1.807) is 0 Å². The molecule has 0 saturated heterocycles.